The Balaban J connectivity index is 2.17. The van der Waals surface area contributed by atoms with Crippen LogP contribution in [0, 0.1) is 5.82 Å². The van der Waals surface area contributed by atoms with E-state index in [0.717, 1.165) is 12.3 Å². The molecule has 26 heavy (non-hydrogen) atoms. The number of hydrogen-bond donors (Lipinski definition) is 2. The zero-order valence-electron chi connectivity index (χ0n) is 14.2. The largest absolute Gasteiger partial charge is 0.507 e. The molecule has 0 saturated carbocycles. The van der Waals surface area contributed by atoms with Crippen LogP contribution >= 0.6 is 0 Å². The second-order valence-corrected chi connectivity index (χ2v) is 7.38. The average molecular weight is 379 g/mol. The van der Waals surface area contributed by atoms with Crippen LogP contribution in [0.15, 0.2) is 53.6 Å². The van der Waals surface area contributed by atoms with Crippen LogP contribution in [0.25, 0.3) is 0 Å². The third kappa shape index (κ3) is 4.79. The number of nitrogens with zero attached hydrogens (tertiary/aromatic N) is 2. The first kappa shape index (κ1) is 19.4. The van der Waals surface area contributed by atoms with Gasteiger partial charge in [0, 0.05) is 5.56 Å². The number of carbonyl (C=O) groups excluding carboxylic acids is 1. The molecule has 0 spiro atoms. The van der Waals surface area contributed by atoms with Crippen molar-refractivity contribution in [1.29, 1.82) is 0 Å². The van der Waals surface area contributed by atoms with Gasteiger partial charge in [-0.25, -0.2) is 18.2 Å². The summed E-state index contributed by atoms with van der Waals surface area (Å²) in [5.41, 5.74) is 2.72. The van der Waals surface area contributed by atoms with Crippen molar-refractivity contribution in [3.8, 4) is 5.75 Å². The Morgan fingerprint density at radius 1 is 1.19 bits per heavy atom. The van der Waals surface area contributed by atoms with Gasteiger partial charge in [0.15, 0.2) is 0 Å². The topological polar surface area (TPSA) is 99.1 Å². The molecule has 0 radical (unpaired) electrons. The first-order valence-electron chi connectivity index (χ1n) is 7.54. The van der Waals surface area contributed by atoms with Gasteiger partial charge >= 0.3 is 0 Å². The minimum absolute atomic E-state index is 0.00730. The number of amides is 1. The SMILES string of the molecule is C/C(=N/NC(=O)CN(c1ccccc1F)S(C)(=O)=O)c1ccccc1O. The Morgan fingerprint density at radius 2 is 1.81 bits per heavy atom. The molecule has 2 rings (SSSR count). The summed E-state index contributed by atoms with van der Waals surface area (Å²) in [6.45, 7) is 0.928. The summed E-state index contributed by atoms with van der Waals surface area (Å²) in [5.74, 6) is -1.53. The lowest BCUT2D eigenvalue weighted by molar-refractivity contribution is -0.119. The summed E-state index contributed by atoms with van der Waals surface area (Å²) in [6.07, 6.45) is 0.878. The quantitative estimate of drug-likeness (QED) is 0.591. The lowest BCUT2D eigenvalue weighted by Gasteiger charge is -2.21. The minimum atomic E-state index is -3.89. The molecule has 0 aliphatic carbocycles. The molecule has 2 N–H and O–H groups in total. The molecular weight excluding hydrogens is 361 g/mol. The van der Waals surface area contributed by atoms with Gasteiger partial charge in [0.25, 0.3) is 5.91 Å². The van der Waals surface area contributed by atoms with Crippen LogP contribution in [-0.4, -0.2) is 37.9 Å². The molecule has 0 aromatic heterocycles. The van der Waals surface area contributed by atoms with E-state index < -0.39 is 28.3 Å². The van der Waals surface area contributed by atoms with Crippen molar-refractivity contribution < 1.29 is 22.7 Å². The summed E-state index contributed by atoms with van der Waals surface area (Å²) >= 11 is 0. The number of carbonyl (C=O) groups is 1. The van der Waals surface area contributed by atoms with Gasteiger partial charge in [-0.1, -0.05) is 24.3 Å². The van der Waals surface area contributed by atoms with Crippen molar-refractivity contribution in [2.75, 3.05) is 17.1 Å². The van der Waals surface area contributed by atoms with Gasteiger partial charge < -0.3 is 5.11 Å². The molecule has 9 heteroatoms. The van der Waals surface area contributed by atoms with Crippen LogP contribution in [0.4, 0.5) is 10.1 Å². The Bertz CT molecular complexity index is 945. The summed E-state index contributed by atoms with van der Waals surface area (Å²) in [5, 5.41) is 13.6. The summed E-state index contributed by atoms with van der Waals surface area (Å²) < 4.78 is 38.4. The van der Waals surface area contributed by atoms with Crippen LogP contribution in [-0.2, 0) is 14.8 Å². The lowest BCUT2D eigenvalue weighted by Crippen LogP contribution is -2.39. The predicted octanol–water partition coefficient (Wildman–Crippen LogP) is 1.84. The van der Waals surface area contributed by atoms with E-state index >= 15 is 0 Å². The second-order valence-electron chi connectivity index (χ2n) is 5.47. The van der Waals surface area contributed by atoms with Crippen molar-refractivity contribution in [2.24, 2.45) is 5.10 Å². The van der Waals surface area contributed by atoms with Gasteiger partial charge in [0.2, 0.25) is 10.0 Å². The number of halogens is 1. The van der Waals surface area contributed by atoms with Crippen LogP contribution in [0.2, 0.25) is 0 Å². The molecule has 0 aliphatic heterocycles. The van der Waals surface area contributed by atoms with Crippen molar-refractivity contribution in [3.05, 3.63) is 59.9 Å². The highest BCUT2D eigenvalue weighted by Crippen LogP contribution is 2.21. The average Bonchev–Trinajstić information content (AvgIpc) is 2.58. The fourth-order valence-electron chi connectivity index (χ4n) is 2.19. The van der Waals surface area contributed by atoms with Crippen molar-refractivity contribution in [2.45, 2.75) is 6.92 Å². The number of sulfonamides is 1. The van der Waals surface area contributed by atoms with Gasteiger partial charge in [0.05, 0.1) is 17.7 Å². The number of nitrogens with one attached hydrogen (secondary N) is 1. The number of para-hydroxylation sites is 2. The molecule has 0 fully saturated rings. The molecular formula is C17H18FN3O4S. The fraction of sp³-hybridized carbons (Fsp3) is 0.176. The van der Waals surface area contributed by atoms with Crippen LogP contribution < -0.4 is 9.73 Å². The third-order valence-electron chi connectivity index (χ3n) is 3.45. The highest BCUT2D eigenvalue weighted by molar-refractivity contribution is 7.92. The van der Waals surface area contributed by atoms with Gasteiger partial charge in [-0.05, 0) is 31.2 Å². The molecule has 0 unspecified atom stereocenters. The Morgan fingerprint density at radius 3 is 2.42 bits per heavy atom. The highest BCUT2D eigenvalue weighted by atomic mass is 32.2. The molecule has 1 amide bonds. The van der Waals surface area contributed by atoms with Crippen molar-refractivity contribution in [3.63, 3.8) is 0 Å². The first-order chi connectivity index (χ1) is 12.2. The third-order valence-corrected chi connectivity index (χ3v) is 4.58. The summed E-state index contributed by atoms with van der Waals surface area (Å²) in [4.78, 5) is 12.1. The number of aromatic hydroxyl groups is 1. The number of benzene rings is 2. The Labute approximate surface area is 150 Å². The smallest absolute Gasteiger partial charge is 0.260 e. The van der Waals surface area contributed by atoms with E-state index in [-0.39, 0.29) is 11.4 Å². The van der Waals surface area contributed by atoms with E-state index in [1.54, 1.807) is 25.1 Å². The molecule has 138 valence electrons. The Hall–Kier alpha value is -2.94. The van der Waals surface area contributed by atoms with E-state index in [1.807, 2.05) is 0 Å². The standard InChI is InChI=1S/C17H18FN3O4S/c1-12(13-7-3-6-10-16(13)22)19-20-17(23)11-21(26(2,24)25)15-9-5-4-8-14(15)18/h3-10,22H,11H2,1-2H3,(H,20,23)/b19-12-. The van der Waals surface area contributed by atoms with Crippen molar-refractivity contribution in [1.82, 2.24) is 5.43 Å². The molecule has 7 nitrogen and oxygen atoms in total. The molecule has 0 aliphatic rings. The molecule has 0 atom stereocenters. The summed E-state index contributed by atoms with van der Waals surface area (Å²) in [6, 6.07) is 11.7. The number of hydrazone groups is 1. The lowest BCUT2D eigenvalue weighted by atomic mass is 10.1. The second kappa shape index (κ2) is 7.96. The van der Waals surface area contributed by atoms with Crippen molar-refractivity contribution >= 4 is 27.3 Å². The van der Waals surface area contributed by atoms with E-state index in [4.69, 9.17) is 0 Å². The highest BCUT2D eigenvalue weighted by Gasteiger charge is 2.23. The minimum Gasteiger partial charge on any atom is -0.507 e. The summed E-state index contributed by atoms with van der Waals surface area (Å²) in [7, 11) is -3.89. The van der Waals surface area contributed by atoms with Gasteiger partial charge in [0.1, 0.15) is 18.1 Å². The number of hydrogen-bond acceptors (Lipinski definition) is 5. The van der Waals surface area contributed by atoms with Crippen LogP contribution in [0.3, 0.4) is 0 Å². The number of rotatable bonds is 6. The maximum atomic E-state index is 13.9. The maximum absolute atomic E-state index is 13.9. The molecule has 2 aromatic rings. The van der Waals surface area contributed by atoms with E-state index in [9.17, 15) is 22.7 Å². The van der Waals surface area contributed by atoms with E-state index in [2.05, 4.69) is 10.5 Å². The van der Waals surface area contributed by atoms with Gasteiger partial charge in [-0.3, -0.25) is 9.10 Å². The van der Waals surface area contributed by atoms with E-state index in [1.165, 1.54) is 24.3 Å². The fourth-order valence-corrected chi connectivity index (χ4v) is 3.04. The normalized spacial score (nSPS) is 11.9. The van der Waals surface area contributed by atoms with Crippen LogP contribution in [0.1, 0.15) is 12.5 Å². The number of phenols is 1. The molecule has 0 saturated heterocycles. The monoisotopic (exact) mass is 379 g/mol. The predicted molar refractivity (Wildman–Crippen MR) is 97.1 cm³/mol. The van der Waals surface area contributed by atoms with Gasteiger partial charge in [-0.2, -0.15) is 5.10 Å². The zero-order chi connectivity index (χ0) is 19.3. The molecule has 2 aromatic carbocycles. The molecule has 0 bridgehead atoms. The molecule has 0 heterocycles. The Kier molecular flexibility index (Phi) is 5.93. The van der Waals surface area contributed by atoms with Crippen LogP contribution in [0.5, 0.6) is 5.75 Å². The van der Waals surface area contributed by atoms with E-state index in [0.29, 0.717) is 15.6 Å². The number of phenolic OH excluding ortho intramolecular Hbond substituents is 1. The maximum Gasteiger partial charge on any atom is 0.260 e. The first-order valence-corrected chi connectivity index (χ1v) is 9.38. The number of anilines is 1. The zero-order valence-corrected chi connectivity index (χ0v) is 15.0. The van der Waals surface area contributed by atoms with Gasteiger partial charge in [-0.15, -0.1) is 0 Å².